The van der Waals surface area contributed by atoms with Gasteiger partial charge in [-0.15, -0.1) is 0 Å². The summed E-state index contributed by atoms with van der Waals surface area (Å²) in [5.74, 6) is 0. The summed E-state index contributed by atoms with van der Waals surface area (Å²) in [6, 6.07) is 0. The lowest BCUT2D eigenvalue weighted by Gasteiger charge is -2.43. The molecule has 0 saturated heterocycles. The molecule has 4 heteroatoms. The molecular weight excluding hydrogens is 200 g/mol. The first-order chi connectivity index (χ1) is 7.49. The van der Waals surface area contributed by atoms with Crippen LogP contribution in [0.3, 0.4) is 0 Å². The molecule has 0 aliphatic carbocycles. The molecule has 0 rings (SSSR count). The summed E-state index contributed by atoms with van der Waals surface area (Å²) in [7, 11) is 8.56. The first-order valence-corrected chi connectivity index (χ1v) is 6.28. The van der Waals surface area contributed by atoms with Crippen molar-refractivity contribution >= 4 is 0 Å². The third-order valence-electron chi connectivity index (χ3n) is 3.08. The lowest BCUT2D eigenvalue weighted by molar-refractivity contribution is -0.0171. The predicted molar refractivity (Wildman–Crippen MR) is 71.3 cm³/mol. The van der Waals surface area contributed by atoms with Crippen LogP contribution >= 0.6 is 0 Å². The topological polar surface area (TPSA) is 35.7 Å². The van der Waals surface area contributed by atoms with E-state index in [9.17, 15) is 0 Å². The maximum absolute atomic E-state index is 5.74. The number of rotatable bonds is 8. The Morgan fingerprint density at radius 1 is 0.875 bits per heavy atom. The fraction of sp³-hybridized carbons (Fsp3) is 1.00. The molecule has 0 fully saturated rings. The van der Waals surface area contributed by atoms with Crippen LogP contribution in [0.1, 0.15) is 26.7 Å². The van der Waals surface area contributed by atoms with Gasteiger partial charge in [-0.1, -0.05) is 13.8 Å². The molecule has 0 heterocycles. The molecule has 2 atom stereocenters. The van der Waals surface area contributed by atoms with Crippen molar-refractivity contribution in [1.82, 2.24) is 14.7 Å². The van der Waals surface area contributed by atoms with Gasteiger partial charge in [-0.05, 0) is 41.0 Å². The van der Waals surface area contributed by atoms with Crippen LogP contribution in [0.5, 0.6) is 0 Å². The van der Waals surface area contributed by atoms with Crippen molar-refractivity contribution in [2.45, 2.75) is 39.0 Å². The Labute approximate surface area is 101 Å². The number of hydrogen-bond acceptors (Lipinski definition) is 4. The summed E-state index contributed by atoms with van der Waals surface area (Å²) < 4.78 is 0. The van der Waals surface area contributed by atoms with Crippen LogP contribution in [0.2, 0.25) is 0 Å². The second-order valence-electron chi connectivity index (χ2n) is 4.73. The average Bonchev–Trinajstić information content (AvgIpc) is 2.18. The quantitative estimate of drug-likeness (QED) is 0.627. The largest absolute Gasteiger partial charge is 0.329 e. The Kier molecular flexibility index (Phi) is 7.93. The van der Waals surface area contributed by atoms with Gasteiger partial charge in [-0.3, -0.25) is 14.7 Å². The molecule has 98 valence electrons. The van der Waals surface area contributed by atoms with Gasteiger partial charge in [0.05, 0.1) is 12.3 Å². The van der Waals surface area contributed by atoms with Gasteiger partial charge < -0.3 is 5.73 Å². The van der Waals surface area contributed by atoms with Crippen LogP contribution in [-0.2, 0) is 0 Å². The smallest absolute Gasteiger partial charge is 0.0628 e. The van der Waals surface area contributed by atoms with Crippen molar-refractivity contribution in [3.05, 3.63) is 0 Å². The van der Waals surface area contributed by atoms with Gasteiger partial charge >= 0.3 is 0 Å². The minimum atomic E-state index is 0.468. The zero-order chi connectivity index (χ0) is 12.7. The summed E-state index contributed by atoms with van der Waals surface area (Å²) in [4.78, 5) is 7.06. The van der Waals surface area contributed by atoms with E-state index in [-0.39, 0.29) is 0 Å². The number of nitrogens with zero attached hydrogens (tertiary/aromatic N) is 3. The predicted octanol–water partition coefficient (Wildman–Crippen LogP) is 0.843. The Balaban J connectivity index is 4.79. The average molecular weight is 230 g/mol. The fourth-order valence-corrected chi connectivity index (χ4v) is 2.44. The van der Waals surface area contributed by atoms with Crippen molar-refractivity contribution in [3.63, 3.8) is 0 Å². The van der Waals surface area contributed by atoms with Crippen molar-refractivity contribution in [3.8, 4) is 0 Å². The molecule has 0 bridgehead atoms. The molecule has 4 nitrogen and oxygen atoms in total. The van der Waals surface area contributed by atoms with Crippen molar-refractivity contribution in [1.29, 1.82) is 0 Å². The van der Waals surface area contributed by atoms with Gasteiger partial charge in [-0.2, -0.15) is 0 Å². The third-order valence-corrected chi connectivity index (χ3v) is 3.08. The first-order valence-electron chi connectivity index (χ1n) is 6.28. The summed E-state index contributed by atoms with van der Waals surface area (Å²) in [5.41, 5.74) is 5.74. The molecule has 0 aliphatic heterocycles. The third kappa shape index (κ3) is 4.37. The highest BCUT2D eigenvalue weighted by molar-refractivity contribution is 4.75. The molecule has 2 N–H and O–H groups in total. The minimum Gasteiger partial charge on any atom is -0.329 e. The van der Waals surface area contributed by atoms with E-state index in [1.54, 1.807) is 0 Å². The van der Waals surface area contributed by atoms with Crippen LogP contribution in [0.25, 0.3) is 0 Å². The maximum Gasteiger partial charge on any atom is 0.0628 e. The molecule has 0 aromatic rings. The SMILES string of the molecule is CCC(N(C)C)N(CCN)C(CC)N(C)C. The molecule has 0 amide bonds. The van der Waals surface area contributed by atoms with Crippen molar-refractivity contribution < 1.29 is 0 Å². The first kappa shape index (κ1) is 15.8. The minimum absolute atomic E-state index is 0.468. The number of nitrogens with two attached hydrogens (primary N) is 1. The Morgan fingerprint density at radius 3 is 1.44 bits per heavy atom. The van der Waals surface area contributed by atoms with Gasteiger partial charge in [0.1, 0.15) is 0 Å². The fourth-order valence-electron chi connectivity index (χ4n) is 2.44. The molecular formula is C12H30N4. The standard InChI is InChI=1S/C12H30N4/c1-7-11(14(3)4)16(10-9-13)12(8-2)15(5)6/h11-12H,7-10,13H2,1-6H3. The van der Waals surface area contributed by atoms with E-state index >= 15 is 0 Å². The number of hydrogen-bond donors (Lipinski definition) is 1. The van der Waals surface area contributed by atoms with Gasteiger partial charge in [-0.25, -0.2) is 0 Å². The van der Waals surface area contributed by atoms with Crippen LogP contribution in [0, 0.1) is 0 Å². The molecule has 0 spiro atoms. The highest BCUT2D eigenvalue weighted by Crippen LogP contribution is 2.15. The lowest BCUT2D eigenvalue weighted by Crippen LogP contribution is -2.55. The second kappa shape index (κ2) is 8.01. The van der Waals surface area contributed by atoms with Crippen LogP contribution < -0.4 is 5.73 Å². The van der Waals surface area contributed by atoms with Crippen LogP contribution in [0.15, 0.2) is 0 Å². The van der Waals surface area contributed by atoms with E-state index in [0.717, 1.165) is 19.4 Å². The zero-order valence-corrected chi connectivity index (χ0v) is 11.9. The lowest BCUT2D eigenvalue weighted by atomic mass is 10.2. The molecule has 2 unspecified atom stereocenters. The van der Waals surface area contributed by atoms with Gasteiger partial charge in [0, 0.05) is 13.1 Å². The van der Waals surface area contributed by atoms with Crippen molar-refractivity contribution in [2.75, 3.05) is 41.3 Å². The van der Waals surface area contributed by atoms with Gasteiger partial charge in [0.2, 0.25) is 0 Å². The Morgan fingerprint density at radius 2 is 1.25 bits per heavy atom. The summed E-state index contributed by atoms with van der Waals surface area (Å²) in [6.45, 7) is 6.13. The van der Waals surface area contributed by atoms with E-state index in [2.05, 4.69) is 56.7 Å². The van der Waals surface area contributed by atoms with Gasteiger partial charge in [0.15, 0.2) is 0 Å². The molecule has 0 radical (unpaired) electrons. The normalized spacial score (nSPS) is 16.1. The molecule has 16 heavy (non-hydrogen) atoms. The van der Waals surface area contributed by atoms with E-state index in [4.69, 9.17) is 5.73 Å². The maximum atomic E-state index is 5.74. The summed E-state index contributed by atoms with van der Waals surface area (Å²) >= 11 is 0. The van der Waals surface area contributed by atoms with Crippen LogP contribution in [0.4, 0.5) is 0 Å². The van der Waals surface area contributed by atoms with E-state index < -0.39 is 0 Å². The van der Waals surface area contributed by atoms with Crippen LogP contribution in [-0.4, -0.2) is 68.3 Å². The molecule has 0 aromatic heterocycles. The highest BCUT2D eigenvalue weighted by Gasteiger charge is 2.26. The summed E-state index contributed by atoms with van der Waals surface area (Å²) in [6.07, 6.45) is 3.18. The van der Waals surface area contributed by atoms with Crippen molar-refractivity contribution in [2.24, 2.45) is 5.73 Å². The highest BCUT2D eigenvalue weighted by atomic mass is 15.4. The zero-order valence-electron chi connectivity index (χ0n) is 11.9. The second-order valence-corrected chi connectivity index (χ2v) is 4.73. The monoisotopic (exact) mass is 230 g/mol. The molecule has 0 aromatic carbocycles. The van der Waals surface area contributed by atoms with E-state index in [1.807, 2.05) is 0 Å². The van der Waals surface area contributed by atoms with E-state index in [1.165, 1.54) is 0 Å². The van der Waals surface area contributed by atoms with Gasteiger partial charge in [0.25, 0.3) is 0 Å². The van der Waals surface area contributed by atoms with E-state index in [0.29, 0.717) is 18.9 Å². The Bertz CT molecular complexity index is 154. The molecule has 0 aliphatic rings. The molecule has 0 saturated carbocycles. The summed E-state index contributed by atoms with van der Waals surface area (Å²) in [5, 5.41) is 0. The Hall–Kier alpha value is -0.160.